The molecule has 92 valence electrons. The fourth-order valence-corrected chi connectivity index (χ4v) is 0.483. The van der Waals surface area contributed by atoms with Crippen LogP contribution in [0.25, 0.3) is 0 Å². The Morgan fingerprint density at radius 2 is 1.20 bits per heavy atom. The predicted molar refractivity (Wildman–Crippen MR) is 41.9 cm³/mol. The molecule has 1 atom stereocenters. The van der Waals surface area contributed by atoms with Crippen LogP contribution in [0.15, 0.2) is 0 Å². The summed E-state index contributed by atoms with van der Waals surface area (Å²) in [5.41, 5.74) is 0. The van der Waals surface area contributed by atoms with Gasteiger partial charge in [0, 0.05) is 6.92 Å². The van der Waals surface area contributed by atoms with Crippen molar-refractivity contribution in [1.29, 1.82) is 0 Å². The van der Waals surface area contributed by atoms with Crippen LogP contribution in [0.1, 0.15) is 6.92 Å². The zero-order valence-corrected chi connectivity index (χ0v) is 9.08. The van der Waals surface area contributed by atoms with Gasteiger partial charge < -0.3 is 0 Å². The molecule has 0 aromatic heterocycles. The summed E-state index contributed by atoms with van der Waals surface area (Å²) in [6.45, 7) is -0.289. The molecule has 0 heterocycles. The van der Waals surface area contributed by atoms with Gasteiger partial charge in [-0.3, -0.25) is 4.74 Å². The Morgan fingerprint density at radius 1 is 0.867 bits per heavy atom. The molecule has 0 bridgehead atoms. The van der Waals surface area contributed by atoms with Gasteiger partial charge in [0.1, 0.15) is 0 Å². The van der Waals surface area contributed by atoms with E-state index in [4.69, 9.17) is 0 Å². The first kappa shape index (κ1) is 15.4. The van der Waals surface area contributed by atoms with E-state index in [2.05, 4.69) is 39.5 Å². The van der Waals surface area contributed by atoms with Crippen LogP contribution >= 0.6 is 34.8 Å². The molecule has 0 aliphatic heterocycles. The third-order valence-electron chi connectivity index (χ3n) is 1.10. The van der Waals surface area contributed by atoms with Gasteiger partial charge in [-0.2, -0.15) is 26.3 Å². The zero-order chi connectivity index (χ0) is 12.7. The van der Waals surface area contributed by atoms with Crippen molar-refractivity contribution in [2.75, 3.05) is 0 Å². The van der Waals surface area contributed by atoms with Gasteiger partial charge in [0.25, 0.3) is 0 Å². The average molecular weight is 299 g/mol. The highest BCUT2D eigenvalue weighted by molar-refractivity contribution is 6.51. The molecule has 0 aliphatic rings. The Balaban J connectivity index is 4.89. The summed E-state index contributed by atoms with van der Waals surface area (Å²) in [7, 11) is 0. The highest BCUT2D eigenvalue weighted by Gasteiger charge is 2.64. The Hall–Kier alpha value is 0.410. The van der Waals surface area contributed by atoms with Gasteiger partial charge in [0.15, 0.2) is 0 Å². The van der Waals surface area contributed by atoms with Gasteiger partial charge in [-0.1, -0.05) is 23.2 Å². The van der Waals surface area contributed by atoms with Crippen molar-refractivity contribution in [3.05, 3.63) is 0 Å². The van der Waals surface area contributed by atoms with Gasteiger partial charge in [0.05, 0.1) is 0 Å². The predicted octanol–water partition coefficient (Wildman–Crippen LogP) is 4.21. The van der Waals surface area contributed by atoms with Crippen LogP contribution in [0.3, 0.4) is 0 Å². The van der Waals surface area contributed by atoms with Crippen molar-refractivity contribution in [3.8, 4) is 0 Å². The lowest BCUT2D eigenvalue weighted by Gasteiger charge is -2.30. The smallest absolute Gasteiger partial charge is 0.260 e. The Morgan fingerprint density at radius 3 is 1.40 bits per heavy atom. The topological polar surface area (TPSA) is 9.23 Å². The first-order chi connectivity index (χ1) is 6.21. The second kappa shape index (κ2) is 4.01. The van der Waals surface area contributed by atoms with Crippen LogP contribution in [-0.4, -0.2) is 21.9 Å². The van der Waals surface area contributed by atoms with Crippen molar-refractivity contribution in [2.24, 2.45) is 0 Å². The van der Waals surface area contributed by atoms with E-state index in [9.17, 15) is 26.3 Å². The van der Waals surface area contributed by atoms with Crippen LogP contribution in [-0.2, 0) is 4.74 Å². The monoisotopic (exact) mass is 298 g/mol. The molecule has 0 rings (SSSR count). The SMILES string of the molecule is CC(F)(F)C(F)(F)OC(F)(Cl)C(F)(Cl)Cl. The first-order valence-corrected chi connectivity index (χ1v) is 4.24. The maximum absolute atomic E-state index is 12.7. The standard InChI is InChI=1S/C5H3Cl3F6O/c1-2(9,10)5(13,14)15-4(8,12)3(6,7)11/h1H3. The fourth-order valence-electron chi connectivity index (χ4n) is 0.308. The van der Waals surface area contributed by atoms with E-state index >= 15 is 0 Å². The Kier molecular flexibility index (Phi) is 4.12. The maximum atomic E-state index is 12.7. The molecule has 0 amide bonds. The lowest BCUT2D eigenvalue weighted by atomic mass is 10.3. The largest absolute Gasteiger partial charge is 0.422 e. The third-order valence-corrected chi connectivity index (χ3v) is 2.11. The maximum Gasteiger partial charge on any atom is 0.422 e. The molecule has 0 saturated heterocycles. The van der Waals surface area contributed by atoms with Crippen molar-refractivity contribution in [2.45, 2.75) is 28.9 Å². The quantitative estimate of drug-likeness (QED) is 0.558. The van der Waals surface area contributed by atoms with Crippen molar-refractivity contribution < 1.29 is 31.1 Å². The number of ether oxygens (including phenoxy) is 1. The zero-order valence-electron chi connectivity index (χ0n) is 6.81. The summed E-state index contributed by atoms with van der Waals surface area (Å²) in [5.74, 6) is -4.79. The van der Waals surface area contributed by atoms with Gasteiger partial charge in [0.2, 0.25) is 0 Å². The van der Waals surface area contributed by atoms with Crippen LogP contribution in [0.2, 0.25) is 0 Å². The number of hydrogen-bond acceptors (Lipinski definition) is 1. The van der Waals surface area contributed by atoms with E-state index in [0.29, 0.717) is 0 Å². The Bertz CT molecular complexity index is 208. The molecule has 0 N–H and O–H groups in total. The van der Waals surface area contributed by atoms with Gasteiger partial charge in [-0.15, -0.1) is 0 Å². The van der Waals surface area contributed by atoms with E-state index in [1.807, 2.05) is 0 Å². The number of halogens is 9. The molecule has 0 aromatic rings. The number of rotatable bonds is 4. The minimum absolute atomic E-state index is 0.289. The van der Waals surface area contributed by atoms with Crippen LogP contribution in [0.5, 0.6) is 0 Å². The molecule has 1 unspecified atom stereocenters. The molecule has 0 saturated carbocycles. The summed E-state index contributed by atoms with van der Waals surface area (Å²) < 4.78 is 72.7. The number of alkyl halides is 9. The molecular formula is C5H3Cl3F6O. The van der Waals surface area contributed by atoms with Gasteiger partial charge in [-0.05, 0) is 11.6 Å². The van der Waals surface area contributed by atoms with Crippen LogP contribution in [0, 0.1) is 0 Å². The van der Waals surface area contributed by atoms with Crippen LogP contribution < -0.4 is 0 Å². The molecule has 0 spiro atoms. The van der Waals surface area contributed by atoms with E-state index in [0.717, 1.165) is 0 Å². The highest BCUT2D eigenvalue weighted by atomic mass is 35.5. The molecule has 0 radical (unpaired) electrons. The second-order valence-electron chi connectivity index (χ2n) is 2.52. The van der Waals surface area contributed by atoms with Gasteiger partial charge in [-0.25, -0.2) is 0 Å². The molecule has 0 fully saturated rings. The molecule has 10 heteroatoms. The molecule has 0 aliphatic carbocycles. The fraction of sp³-hybridized carbons (Fsp3) is 1.00. The Labute approximate surface area is 95.2 Å². The van der Waals surface area contributed by atoms with E-state index < -0.39 is 21.9 Å². The average Bonchev–Trinajstić information content (AvgIpc) is 1.77. The van der Waals surface area contributed by atoms with E-state index in [1.165, 1.54) is 0 Å². The molecule has 0 aromatic carbocycles. The van der Waals surface area contributed by atoms with Crippen molar-refractivity contribution in [1.82, 2.24) is 0 Å². The van der Waals surface area contributed by atoms with Crippen molar-refractivity contribution in [3.63, 3.8) is 0 Å². The number of hydrogen-bond donors (Lipinski definition) is 0. The van der Waals surface area contributed by atoms with Gasteiger partial charge >= 0.3 is 21.9 Å². The summed E-state index contributed by atoms with van der Waals surface area (Å²) in [6.07, 6.45) is -5.37. The lowest BCUT2D eigenvalue weighted by Crippen LogP contribution is -2.49. The van der Waals surface area contributed by atoms with E-state index in [1.54, 1.807) is 0 Å². The normalized spacial score (nSPS) is 18.8. The summed E-state index contributed by atoms with van der Waals surface area (Å²) in [6, 6.07) is 0. The molecular weight excluding hydrogens is 296 g/mol. The van der Waals surface area contributed by atoms with Crippen LogP contribution in [0.4, 0.5) is 26.3 Å². The third kappa shape index (κ3) is 3.72. The second-order valence-corrected chi connectivity index (χ2v) is 4.24. The van der Waals surface area contributed by atoms with E-state index in [-0.39, 0.29) is 6.92 Å². The lowest BCUT2D eigenvalue weighted by molar-refractivity contribution is -0.386. The van der Waals surface area contributed by atoms with Crippen molar-refractivity contribution >= 4 is 34.8 Å². The summed E-state index contributed by atoms with van der Waals surface area (Å²) in [4.78, 5) is 0. The highest BCUT2D eigenvalue weighted by Crippen LogP contribution is 2.48. The summed E-state index contributed by atoms with van der Waals surface area (Å²) >= 11 is 13.1. The minimum Gasteiger partial charge on any atom is -0.260 e. The first-order valence-electron chi connectivity index (χ1n) is 3.11. The summed E-state index contributed by atoms with van der Waals surface area (Å²) in [5, 5.41) is -4.51. The molecule has 1 nitrogen and oxygen atoms in total. The molecule has 15 heavy (non-hydrogen) atoms. The minimum atomic E-state index is -5.37.